The minimum atomic E-state index is -0.171. The number of hydrogen-bond acceptors (Lipinski definition) is 5. The normalized spacial score (nSPS) is 10.8. The Labute approximate surface area is 187 Å². The monoisotopic (exact) mass is 494 g/mol. The van der Waals surface area contributed by atoms with Crippen LogP contribution in [-0.4, -0.2) is 26.4 Å². The number of amides is 1. The molecule has 0 saturated heterocycles. The maximum atomic E-state index is 12.2. The van der Waals surface area contributed by atoms with Crippen molar-refractivity contribution in [1.29, 1.82) is 0 Å². The summed E-state index contributed by atoms with van der Waals surface area (Å²) in [5, 5.41) is 12.2. The van der Waals surface area contributed by atoms with Gasteiger partial charge < -0.3 is 14.6 Å². The van der Waals surface area contributed by atoms with Crippen LogP contribution in [-0.2, 0) is 18.4 Å². The van der Waals surface area contributed by atoms with Crippen LogP contribution in [0.2, 0.25) is 5.02 Å². The fraction of sp³-hybridized carbons (Fsp3) is 0.250. The van der Waals surface area contributed by atoms with E-state index in [0.29, 0.717) is 28.3 Å². The van der Waals surface area contributed by atoms with Gasteiger partial charge in [-0.05, 0) is 49.2 Å². The number of anilines is 1. The summed E-state index contributed by atoms with van der Waals surface area (Å²) >= 11 is 10.8. The van der Waals surface area contributed by atoms with E-state index in [1.165, 1.54) is 17.3 Å². The summed E-state index contributed by atoms with van der Waals surface area (Å²) in [7, 11) is 1.85. The van der Waals surface area contributed by atoms with E-state index >= 15 is 0 Å². The van der Waals surface area contributed by atoms with Crippen LogP contribution >= 0.6 is 39.3 Å². The molecule has 1 amide bonds. The summed E-state index contributed by atoms with van der Waals surface area (Å²) in [4.78, 5) is 12.2. The Balaban J connectivity index is 1.56. The van der Waals surface area contributed by atoms with Crippen LogP contribution in [0, 0.1) is 13.8 Å². The zero-order valence-corrected chi connectivity index (χ0v) is 19.4. The van der Waals surface area contributed by atoms with Gasteiger partial charge in [0, 0.05) is 11.5 Å². The number of aromatic nitrogens is 3. The third-order valence-corrected chi connectivity index (χ3v) is 6.20. The van der Waals surface area contributed by atoms with Gasteiger partial charge in [-0.3, -0.25) is 4.79 Å². The number of benzene rings is 2. The first kappa shape index (κ1) is 21.7. The van der Waals surface area contributed by atoms with Crippen LogP contribution in [0.1, 0.15) is 17.0 Å². The molecule has 0 fully saturated rings. The minimum absolute atomic E-state index is 0.171. The molecule has 0 aliphatic rings. The standard InChI is InChI=1S/C20H20BrClN4O2S/c1-12-5-4-6-17(13(12)2)28-10-18-24-25-20(26(18)3)29-11-19(27)23-16-8-7-14(21)9-15(16)22/h4-9H,10-11H2,1-3H3,(H,23,27). The summed E-state index contributed by atoms with van der Waals surface area (Å²) in [6.45, 7) is 4.37. The lowest BCUT2D eigenvalue weighted by Crippen LogP contribution is -2.15. The largest absolute Gasteiger partial charge is 0.485 e. The van der Waals surface area contributed by atoms with E-state index in [2.05, 4.69) is 31.4 Å². The molecule has 2 aromatic carbocycles. The molecule has 9 heteroatoms. The topological polar surface area (TPSA) is 69.0 Å². The molecular formula is C20H20BrClN4O2S. The fourth-order valence-electron chi connectivity index (χ4n) is 2.53. The molecule has 3 aromatic rings. The van der Waals surface area contributed by atoms with Crippen molar-refractivity contribution >= 4 is 50.9 Å². The van der Waals surface area contributed by atoms with Crippen LogP contribution in [0.4, 0.5) is 5.69 Å². The van der Waals surface area contributed by atoms with Gasteiger partial charge in [-0.15, -0.1) is 10.2 Å². The van der Waals surface area contributed by atoms with Crippen molar-refractivity contribution in [2.45, 2.75) is 25.6 Å². The molecule has 0 aliphatic carbocycles. The Bertz CT molecular complexity index is 1040. The quantitative estimate of drug-likeness (QED) is 0.459. The van der Waals surface area contributed by atoms with Crippen LogP contribution in [0.25, 0.3) is 0 Å². The maximum absolute atomic E-state index is 12.2. The van der Waals surface area contributed by atoms with Crippen LogP contribution < -0.4 is 10.1 Å². The highest BCUT2D eigenvalue weighted by atomic mass is 79.9. The molecule has 0 atom stereocenters. The molecule has 29 heavy (non-hydrogen) atoms. The third kappa shape index (κ3) is 5.52. The molecule has 1 heterocycles. The van der Waals surface area contributed by atoms with E-state index < -0.39 is 0 Å². The smallest absolute Gasteiger partial charge is 0.234 e. The number of halogens is 2. The SMILES string of the molecule is Cc1cccc(OCc2nnc(SCC(=O)Nc3ccc(Br)cc3Cl)n2C)c1C. The first-order valence-corrected chi connectivity index (χ1v) is 11.0. The Morgan fingerprint density at radius 3 is 2.83 bits per heavy atom. The van der Waals surface area contributed by atoms with Gasteiger partial charge in [-0.2, -0.15) is 0 Å². The van der Waals surface area contributed by atoms with E-state index in [1.54, 1.807) is 12.1 Å². The van der Waals surface area contributed by atoms with Crippen molar-refractivity contribution in [2.75, 3.05) is 11.1 Å². The predicted molar refractivity (Wildman–Crippen MR) is 120 cm³/mol. The van der Waals surface area contributed by atoms with Gasteiger partial charge in [0.1, 0.15) is 12.4 Å². The average Bonchev–Trinajstić information content (AvgIpc) is 3.03. The molecule has 0 spiro atoms. The van der Waals surface area contributed by atoms with Gasteiger partial charge in [0.15, 0.2) is 11.0 Å². The molecule has 1 N–H and O–H groups in total. The van der Waals surface area contributed by atoms with Crippen molar-refractivity contribution in [3.63, 3.8) is 0 Å². The number of aryl methyl sites for hydroxylation is 1. The number of nitrogens with zero attached hydrogens (tertiary/aromatic N) is 3. The van der Waals surface area contributed by atoms with Crippen LogP contribution in [0.15, 0.2) is 46.0 Å². The molecule has 0 bridgehead atoms. The fourth-order valence-corrected chi connectivity index (χ4v) is 3.98. The minimum Gasteiger partial charge on any atom is -0.485 e. The van der Waals surface area contributed by atoms with Gasteiger partial charge in [-0.1, -0.05) is 51.4 Å². The highest BCUT2D eigenvalue weighted by molar-refractivity contribution is 9.10. The number of carbonyl (C=O) groups is 1. The number of rotatable bonds is 7. The summed E-state index contributed by atoms with van der Waals surface area (Å²) in [5.74, 6) is 1.53. The summed E-state index contributed by atoms with van der Waals surface area (Å²) in [5.41, 5.74) is 2.85. The first-order chi connectivity index (χ1) is 13.8. The summed E-state index contributed by atoms with van der Waals surface area (Å²) in [6.07, 6.45) is 0. The van der Waals surface area contributed by atoms with Gasteiger partial charge in [0.25, 0.3) is 0 Å². The number of carbonyl (C=O) groups excluding carboxylic acids is 1. The van der Waals surface area contributed by atoms with Crippen molar-refractivity contribution in [1.82, 2.24) is 14.8 Å². The second-order valence-corrected chi connectivity index (χ2v) is 8.67. The first-order valence-electron chi connectivity index (χ1n) is 8.80. The number of ether oxygens (including phenoxy) is 1. The molecule has 0 aliphatic heterocycles. The van der Waals surface area contributed by atoms with E-state index in [4.69, 9.17) is 16.3 Å². The van der Waals surface area contributed by atoms with Gasteiger partial charge >= 0.3 is 0 Å². The molecule has 1 aromatic heterocycles. The predicted octanol–water partition coefficient (Wildman–Crippen LogP) is 5.16. The lowest BCUT2D eigenvalue weighted by Gasteiger charge is -2.10. The Kier molecular flexibility index (Phi) is 7.21. The van der Waals surface area contributed by atoms with Crippen LogP contribution in [0.5, 0.6) is 5.75 Å². The van der Waals surface area contributed by atoms with E-state index in [0.717, 1.165) is 15.8 Å². The summed E-state index contributed by atoms with van der Waals surface area (Å²) in [6, 6.07) is 11.2. The zero-order valence-electron chi connectivity index (χ0n) is 16.2. The Morgan fingerprint density at radius 2 is 2.07 bits per heavy atom. The third-order valence-electron chi connectivity index (χ3n) is 4.37. The molecule has 6 nitrogen and oxygen atoms in total. The molecule has 0 radical (unpaired) electrons. The van der Waals surface area contributed by atoms with Crippen molar-refractivity contribution in [2.24, 2.45) is 7.05 Å². The average molecular weight is 496 g/mol. The molecular weight excluding hydrogens is 476 g/mol. The second kappa shape index (κ2) is 9.65. The van der Waals surface area contributed by atoms with Gasteiger partial charge in [0.05, 0.1) is 16.5 Å². The lowest BCUT2D eigenvalue weighted by molar-refractivity contribution is -0.113. The molecule has 0 saturated carbocycles. The number of nitrogens with one attached hydrogen (secondary N) is 1. The lowest BCUT2D eigenvalue weighted by atomic mass is 10.1. The van der Waals surface area contributed by atoms with Gasteiger partial charge in [0.2, 0.25) is 5.91 Å². The Morgan fingerprint density at radius 1 is 1.28 bits per heavy atom. The highest BCUT2D eigenvalue weighted by Crippen LogP contribution is 2.26. The van der Waals surface area contributed by atoms with E-state index in [-0.39, 0.29) is 11.7 Å². The maximum Gasteiger partial charge on any atom is 0.234 e. The van der Waals surface area contributed by atoms with E-state index in [9.17, 15) is 4.79 Å². The van der Waals surface area contributed by atoms with Crippen molar-refractivity contribution in [3.05, 3.63) is 62.8 Å². The van der Waals surface area contributed by atoms with Crippen molar-refractivity contribution < 1.29 is 9.53 Å². The molecule has 3 rings (SSSR count). The molecule has 152 valence electrons. The summed E-state index contributed by atoms with van der Waals surface area (Å²) < 4.78 is 8.58. The van der Waals surface area contributed by atoms with E-state index in [1.807, 2.05) is 49.7 Å². The Hall–Kier alpha value is -2.03. The van der Waals surface area contributed by atoms with Crippen LogP contribution in [0.3, 0.4) is 0 Å². The highest BCUT2D eigenvalue weighted by Gasteiger charge is 2.13. The molecule has 0 unspecified atom stereocenters. The second-order valence-electron chi connectivity index (χ2n) is 6.41. The zero-order chi connectivity index (χ0) is 21.0. The number of hydrogen-bond donors (Lipinski definition) is 1. The van der Waals surface area contributed by atoms with Crippen molar-refractivity contribution in [3.8, 4) is 5.75 Å². The van der Waals surface area contributed by atoms with Gasteiger partial charge in [-0.25, -0.2) is 0 Å². The number of thioether (sulfide) groups is 1.